The first-order chi connectivity index (χ1) is 9.64. The van der Waals surface area contributed by atoms with E-state index in [0.29, 0.717) is 17.5 Å². The van der Waals surface area contributed by atoms with E-state index in [4.69, 9.17) is 0 Å². The van der Waals surface area contributed by atoms with Crippen LogP contribution < -0.4 is 5.32 Å². The van der Waals surface area contributed by atoms with E-state index >= 15 is 0 Å². The molecule has 5 rings (SSSR count). The van der Waals surface area contributed by atoms with Crippen molar-refractivity contribution in [2.24, 2.45) is 23.2 Å². The molecule has 0 saturated heterocycles. The quantitative estimate of drug-likeness (QED) is 0.879. The van der Waals surface area contributed by atoms with Crippen LogP contribution in [0, 0.1) is 23.2 Å². The average Bonchev–Trinajstić information content (AvgIpc) is 2.90. The first-order valence-electron chi connectivity index (χ1n) is 8.39. The highest BCUT2D eigenvalue weighted by atomic mass is 15.1. The van der Waals surface area contributed by atoms with Gasteiger partial charge < -0.3 is 5.32 Å². The Morgan fingerprint density at radius 3 is 2.25 bits per heavy atom. The molecule has 4 fully saturated rings. The van der Waals surface area contributed by atoms with Gasteiger partial charge in [-0.3, -0.25) is 5.10 Å². The van der Waals surface area contributed by atoms with Crippen molar-refractivity contribution in [3.8, 4) is 0 Å². The minimum absolute atomic E-state index is 0.400. The van der Waals surface area contributed by atoms with Crippen LogP contribution >= 0.6 is 0 Å². The molecule has 3 nitrogen and oxygen atoms in total. The summed E-state index contributed by atoms with van der Waals surface area (Å²) in [6.45, 7) is 4.70. The van der Waals surface area contributed by atoms with E-state index in [9.17, 15) is 0 Å². The van der Waals surface area contributed by atoms with E-state index in [2.05, 4.69) is 29.4 Å². The molecule has 2 atom stereocenters. The van der Waals surface area contributed by atoms with E-state index in [1.807, 2.05) is 12.4 Å². The van der Waals surface area contributed by atoms with Gasteiger partial charge in [0.1, 0.15) is 0 Å². The lowest BCUT2D eigenvalue weighted by Gasteiger charge is -2.59. The van der Waals surface area contributed by atoms with Gasteiger partial charge in [0.2, 0.25) is 0 Å². The fourth-order valence-corrected chi connectivity index (χ4v) is 5.85. The highest BCUT2D eigenvalue weighted by Crippen LogP contribution is 2.61. The summed E-state index contributed by atoms with van der Waals surface area (Å²) in [6.07, 6.45) is 13.0. The van der Waals surface area contributed by atoms with Crippen molar-refractivity contribution in [1.29, 1.82) is 0 Å². The summed E-state index contributed by atoms with van der Waals surface area (Å²) in [5, 5.41) is 10.9. The standard InChI is InChI=1S/C17H27N3/c1-11(16-9-18-19-10-16)20-12(2)17-6-13-3-14(7-17)5-15(4-13)8-17/h9-15,20H,3-8H2,1-2H3,(H,18,19). The van der Waals surface area contributed by atoms with Gasteiger partial charge >= 0.3 is 0 Å². The summed E-state index contributed by atoms with van der Waals surface area (Å²) >= 11 is 0. The number of hydrogen-bond acceptors (Lipinski definition) is 2. The van der Waals surface area contributed by atoms with E-state index < -0.39 is 0 Å². The maximum absolute atomic E-state index is 4.08. The lowest BCUT2D eigenvalue weighted by atomic mass is 9.48. The van der Waals surface area contributed by atoms with Gasteiger partial charge in [-0.25, -0.2) is 0 Å². The minimum Gasteiger partial charge on any atom is -0.307 e. The van der Waals surface area contributed by atoms with Gasteiger partial charge in [-0.2, -0.15) is 5.10 Å². The molecule has 1 aromatic rings. The Morgan fingerprint density at radius 2 is 1.75 bits per heavy atom. The summed E-state index contributed by atoms with van der Waals surface area (Å²) in [5.74, 6) is 3.11. The molecule has 1 heterocycles. The van der Waals surface area contributed by atoms with E-state index in [0.717, 1.165) is 17.8 Å². The molecule has 110 valence electrons. The highest BCUT2D eigenvalue weighted by Gasteiger charge is 2.53. The maximum atomic E-state index is 4.08. The van der Waals surface area contributed by atoms with E-state index in [-0.39, 0.29) is 0 Å². The molecular weight excluding hydrogens is 246 g/mol. The molecule has 4 bridgehead atoms. The predicted octanol–water partition coefficient (Wildman–Crippen LogP) is 3.67. The summed E-state index contributed by atoms with van der Waals surface area (Å²) in [5.41, 5.74) is 1.87. The first kappa shape index (κ1) is 12.9. The molecule has 20 heavy (non-hydrogen) atoms. The third-order valence-corrected chi connectivity index (χ3v) is 6.52. The Kier molecular flexibility index (Phi) is 2.95. The van der Waals surface area contributed by atoms with Gasteiger partial charge in [-0.05, 0) is 75.5 Å². The molecule has 4 saturated carbocycles. The molecule has 0 spiro atoms. The maximum Gasteiger partial charge on any atom is 0.0534 e. The Bertz CT molecular complexity index is 429. The molecule has 0 radical (unpaired) electrons. The zero-order valence-electron chi connectivity index (χ0n) is 12.7. The number of nitrogens with zero attached hydrogens (tertiary/aromatic N) is 1. The summed E-state index contributed by atoms with van der Waals surface area (Å²) in [6, 6.07) is 1.03. The van der Waals surface area contributed by atoms with Crippen LogP contribution in [0.3, 0.4) is 0 Å². The molecular formula is C17H27N3. The van der Waals surface area contributed by atoms with Gasteiger partial charge in [0, 0.05) is 23.8 Å². The van der Waals surface area contributed by atoms with Gasteiger partial charge in [0.05, 0.1) is 6.20 Å². The number of aromatic nitrogens is 2. The summed E-state index contributed by atoms with van der Waals surface area (Å²) in [4.78, 5) is 0. The van der Waals surface area contributed by atoms with E-state index in [1.54, 1.807) is 0 Å². The SMILES string of the molecule is CC(NC(C)C12CC3CC(CC(C3)C1)C2)c1cn[nH]c1. The van der Waals surface area contributed by atoms with Gasteiger partial charge in [-0.1, -0.05) is 0 Å². The molecule has 0 aromatic carbocycles. The fourth-order valence-electron chi connectivity index (χ4n) is 5.85. The first-order valence-corrected chi connectivity index (χ1v) is 8.39. The minimum atomic E-state index is 0.400. The zero-order valence-corrected chi connectivity index (χ0v) is 12.7. The smallest absolute Gasteiger partial charge is 0.0534 e. The third-order valence-electron chi connectivity index (χ3n) is 6.52. The van der Waals surface area contributed by atoms with Crippen molar-refractivity contribution in [3.63, 3.8) is 0 Å². The van der Waals surface area contributed by atoms with Crippen molar-refractivity contribution in [1.82, 2.24) is 15.5 Å². The summed E-state index contributed by atoms with van der Waals surface area (Å²) in [7, 11) is 0. The van der Waals surface area contributed by atoms with Crippen LogP contribution in [0.25, 0.3) is 0 Å². The fraction of sp³-hybridized carbons (Fsp3) is 0.824. The van der Waals surface area contributed by atoms with Crippen LogP contribution in [0.4, 0.5) is 0 Å². The average molecular weight is 273 g/mol. The zero-order chi connectivity index (χ0) is 13.7. The number of aromatic amines is 1. The number of H-pyrrole nitrogens is 1. The lowest BCUT2D eigenvalue weighted by Crippen LogP contribution is -2.55. The third kappa shape index (κ3) is 2.02. The summed E-state index contributed by atoms with van der Waals surface area (Å²) < 4.78 is 0. The highest BCUT2D eigenvalue weighted by molar-refractivity contribution is 5.10. The molecule has 2 unspecified atom stereocenters. The van der Waals surface area contributed by atoms with E-state index in [1.165, 1.54) is 44.1 Å². The topological polar surface area (TPSA) is 40.7 Å². The number of hydrogen-bond donors (Lipinski definition) is 2. The number of rotatable bonds is 4. The molecule has 0 amide bonds. The molecule has 4 aliphatic rings. The van der Waals surface area contributed by atoms with Gasteiger partial charge in [0.15, 0.2) is 0 Å². The normalized spacial score (nSPS) is 41.8. The van der Waals surface area contributed by atoms with Crippen molar-refractivity contribution in [2.45, 2.75) is 64.5 Å². The van der Waals surface area contributed by atoms with Crippen molar-refractivity contribution in [2.75, 3.05) is 0 Å². The molecule has 3 heteroatoms. The Balaban J connectivity index is 1.49. The molecule has 0 aliphatic heterocycles. The van der Waals surface area contributed by atoms with Crippen LogP contribution in [0.2, 0.25) is 0 Å². The van der Waals surface area contributed by atoms with Gasteiger partial charge in [-0.15, -0.1) is 0 Å². The van der Waals surface area contributed by atoms with Gasteiger partial charge in [0.25, 0.3) is 0 Å². The Hall–Kier alpha value is -0.830. The molecule has 4 aliphatic carbocycles. The Labute approximate surface area is 121 Å². The second-order valence-electron chi connectivity index (χ2n) is 7.92. The Morgan fingerprint density at radius 1 is 1.15 bits per heavy atom. The van der Waals surface area contributed by atoms with Crippen LogP contribution in [0.15, 0.2) is 12.4 Å². The number of nitrogens with one attached hydrogen (secondary N) is 2. The monoisotopic (exact) mass is 273 g/mol. The van der Waals surface area contributed by atoms with Crippen molar-refractivity contribution < 1.29 is 0 Å². The predicted molar refractivity (Wildman–Crippen MR) is 80.2 cm³/mol. The molecule has 2 N–H and O–H groups in total. The largest absolute Gasteiger partial charge is 0.307 e. The van der Waals surface area contributed by atoms with Crippen LogP contribution in [-0.4, -0.2) is 16.2 Å². The van der Waals surface area contributed by atoms with Crippen LogP contribution in [0.1, 0.15) is 64.0 Å². The second kappa shape index (κ2) is 4.59. The van der Waals surface area contributed by atoms with Crippen molar-refractivity contribution in [3.05, 3.63) is 18.0 Å². The second-order valence-corrected chi connectivity index (χ2v) is 7.92. The van der Waals surface area contributed by atoms with Crippen molar-refractivity contribution >= 4 is 0 Å². The van der Waals surface area contributed by atoms with Crippen LogP contribution in [0.5, 0.6) is 0 Å². The molecule has 1 aromatic heterocycles. The van der Waals surface area contributed by atoms with Crippen LogP contribution in [-0.2, 0) is 0 Å². The lowest BCUT2D eigenvalue weighted by molar-refractivity contribution is -0.0719.